The minimum Gasteiger partial charge on any atom is -0.476 e. The molecular weight excluding hydrogens is 595 g/mol. The predicted molar refractivity (Wildman–Crippen MR) is 167 cm³/mol. The summed E-state index contributed by atoms with van der Waals surface area (Å²) in [6, 6.07) is 14.6. The van der Waals surface area contributed by atoms with Gasteiger partial charge in [0.15, 0.2) is 5.82 Å². The zero-order valence-corrected chi connectivity index (χ0v) is 25.4. The number of rotatable bonds is 8. The molecule has 1 amide bonds. The molecule has 14 heteroatoms. The molecule has 0 bridgehead atoms. The lowest BCUT2D eigenvalue weighted by Crippen LogP contribution is -2.38. The van der Waals surface area contributed by atoms with E-state index in [1.54, 1.807) is 17.2 Å². The molecule has 46 heavy (non-hydrogen) atoms. The lowest BCUT2D eigenvalue weighted by Gasteiger charge is -2.21. The third-order valence-corrected chi connectivity index (χ3v) is 7.54. The molecule has 2 N–H and O–H groups in total. The largest absolute Gasteiger partial charge is 0.476 e. The van der Waals surface area contributed by atoms with Gasteiger partial charge in [-0.1, -0.05) is 12.1 Å². The third kappa shape index (κ3) is 7.58. The molecule has 5 aromatic rings. The van der Waals surface area contributed by atoms with Crippen LogP contribution in [-0.2, 0) is 32.3 Å². The van der Waals surface area contributed by atoms with Crippen molar-refractivity contribution in [3.63, 3.8) is 0 Å². The van der Waals surface area contributed by atoms with Gasteiger partial charge in [0.2, 0.25) is 11.6 Å². The minimum atomic E-state index is -1.38. The van der Waals surface area contributed by atoms with E-state index < -0.39 is 23.4 Å². The summed E-state index contributed by atoms with van der Waals surface area (Å²) in [5.41, 5.74) is 4.60. The highest BCUT2D eigenvalue weighted by atomic mass is 19.1. The zero-order valence-electron chi connectivity index (χ0n) is 25.4. The summed E-state index contributed by atoms with van der Waals surface area (Å²) in [5.74, 6) is -2.61. The molecule has 0 radical (unpaired) electrons. The van der Waals surface area contributed by atoms with Gasteiger partial charge in [0.05, 0.1) is 18.3 Å². The first-order valence-corrected chi connectivity index (χ1v) is 14.6. The Kier molecular flexibility index (Phi) is 9.76. The van der Waals surface area contributed by atoms with Crippen LogP contribution in [0.3, 0.4) is 0 Å². The Morgan fingerprint density at radius 2 is 1.74 bits per heavy atom. The van der Waals surface area contributed by atoms with Crippen molar-refractivity contribution in [2.24, 2.45) is 0 Å². The molecule has 2 aromatic carbocycles. The van der Waals surface area contributed by atoms with Crippen LogP contribution >= 0.6 is 0 Å². The van der Waals surface area contributed by atoms with Gasteiger partial charge >= 0.3 is 5.97 Å². The number of aromatic nitrogens is 5. The molecule has 0 atom stereocenters. The van der Waals surface area contributed by atoms with Gasteiger partial charge in [-0.05, 0) is 53.9 Å². The van der Waals surface area contributed by atoms with Gasteiger partial charge in [-0.3, -0.25) is 24.0 Å². The average molecular weight is 629 g/mol. The van der Waals surface area contributed by atoms with Crippen LogP contribution in [0.25, 0.3) is 16.4 Å². The van der Waals surface area contributed by atoms with E-state index in [1.807, 2.05) is 45.7 Å². The number of nitrogens with one attached hydrogen (secondary N) is 1. The van der Waals surface area contributed by atoms with Gasteiger partial charge < -0.3 is 15.3 Å². The Labute approximate surface area is 263 Å². The van der Waals surface area contributed by atoms with Crippen LogP contribution in [0.4, 0.5) is 15.9 Å². The molecule has 0 unspecified atom stereocenters. The Morgan fingerprint density at radius 3 is 2.48 bits per heavy atom. The molecule has 1 saturated heterocycles. The molecular formula is C32H33FN8O5. The summed E-state index contributed by atoms with van der Waals surface area (Å²) in [6.07, 6.45) is 6.04. The molecule has 13 nitrogen and oxygen atoms in total. The van der Waals surface area contributed by atoms with E-state index in [9.17, 15) is 23.6 Å². The Balaban J connectivity index is 0.000000635. The second kappa shape index (κ2) is 14.1. The second-order valence-electron chi connectivity index (χ2n) is 10.9. The van der Waals surface area contributed by atoms with Crippen molar-refractivity contribution in [2.45, 2.75) is 33.4 Å². The first-order valence-electron chi connectivity index (χ1n) is 14.6. The number of carboxylic acid groups (broad SMARTS) is 1. The monoisotopic (exact) mass is 628 g/mol. The van der Waals surface area contributed by atoms with Crippen LogP contribution in [-0.4, -0.2) is 88.9 Å². The molecule has 1 fully saturated rings. The highest BCUT2D eigenvalue weighted by Gasteiger charge is 2.23. The van der Waals surface area contributed by atoms with Crippen molar-refractivity contribution in [3.05, 3.63) is 84.2 Å². The lowest BCUT2D eigenvalue weighted by atomic mass is 10.2. The molecule has 0 spiro atoms. The second-order valence-corrected chi connectivity index (χ2v) is 10.9. The summed E-state index contributed by atoms with van der Waals surface area (Å²) in [6.45, 7) is 6.10. The van der Waals surface area contributed by atoms with Crippen molar-refractivity contribution in [1.29, 1.82) is 0 Å². The maximum Gasteiger partial charge on any atom is 0.371 e. The van der Waals surface area contributed by atoms with Gasteiger partial charge in [-0.15, -0.1) is 0 Å². The number of ketones is 2. The van der Waals surface area contributed by atoms with Crippen LogP contribution < -0.4 is 5.32 Å². The van der Waals surface area contributed by atoms with Gasteiger partial charge in [0.25, 0.3) is 5.91 Å². The van der Waals surface area contributed by atoms with Crippen LogP contribution in [0.2, 0.25) is 0 Å². The van der Waals surface area contributed by atoms with Gasteiger partial charge in [0, 0.05) is 63.8 Å². The summed E-state index contributed by atoms with van der Waals surface area (Å²) < 4.78 is 17.3. The van der Waals surface area contributed by atoms with E-state index in [0.717, 1.165) is 53.1 Å². The summed E-state index contributed by atoms with van der Waals surface area (Å²) in [4.78, 5) is 51.1. The molecule has 4 heterocycles. The van der Waals surface area contributed by atoms with Crippen LogP contribution in [0.15, 0.2) is 67.3 Å². The topological polar surface area (TPSA) is 155 Å². The number of Topliss-reactive ketones (excluding diaryl/α,β-unsaturated/α-hetero) is 2. The van der Waals surface area contributed by atoms with Gasteiger partial charge in [-0.2, -0.15) is 10.2 Å². The van der Waals surface area contributed by atoms with E-state index in [0.29, 0.717) is 38.5 Å². The fraction of sp³-hybridized carbons (Fsp3) is 0.281. The zero-order chi connectivity index (χ0) is 32.8. The summed E-state index contributed by atoms with van der Waals surface area (Å²) in [5, 5.41) is 20.9. The van der Waals surface area contributed by atoms with Crippen LogP contribution in [0.5, 0.6) is 0 Å². The van der Waals surface area contributed by atoms with E-state index in [1.165, 1.54) is 25.4 Å². The average Bonchev–Trinajstić information content (AvgIpc) is 3.54. The number of aliphatic carboxylic acids is 1. The smallest absolute Gasteiger partial charge is 0.371 e. The van der Waals surface area contributed by atoms with Gasteiger partial charge in [0.1, 0.15) is 17.7 Å². The number of halogens is 1. The highest BCUT2D eigenvalue weighted by molar-refractivity contribution is 6.35. The van der Waals surface area contributed by atoms with E-state index in [4.69, 9.17) is 5.11 Å². The summed E-state index contributed by atoms with van der Waals surface area (Å²) >= 11 is 0. The first-order chi connectivity index (χ1) is 22.1. The maximum atomic E-state index is 13.6. The van der Waals surface area contributed by atoms with Crippen molar-refractivity contribution >= 4 is 51.4 Å². The number of carbonyl (C=O) groups is 4. The number of hydrogen-bond acceptors (Lipinski definition) is 9. The van der Waals surface area contributed by atoms with Crippen molar-refractivity contribution in [1.82, 2.24) is 34.2 Å². The number of nitrogens with zero attached hydrogens (tertiary/aromatic N) is 7. The number of hydrogen-bond donors (Lipinski definition) is 2. The number of amides is 1. The summed E-state index contributed by atoms with van der Waals surface area (Å²) in [7, 11) is 0. The van der Waals surface area contributed by atoms with E-state index in [2.05, 4.69) is 25.4 Å². The maximum absolute atomic E-state index is 13.6. The SMILES string of the molecule is CC(=O)C(=O)N1CCCN(Cc2ccn3ncnc(Nc4ccc5c(cnn5Cc5cccc(F)c5)c4)c23)CC1.CC(=O)C(=O)O. The molecule has 1 aliphatic heterocycles. The number of carboxylic acids is 1. The first kappa shape index (κ1) is 31.9. The number of anilines is 2. The fourth-order valence-electron chi connectivity index (χ4n) is 5.27. The Bertz CT molecular complexity index is 1910. The predicted octanol–water partition coefficient (Wildman–Crippen LogP) is 3.29. The molecule has 3 aromatic heterocycles. The van der Waals surface area contributed by atoms with Crippen molar-refractivity contribution in [2.75, 3.05) is 31.5 Å². The van der Waals surface area contributed by atoms with Gasteiger partial charge in [-0.25, -0.2) is 18.7 Å². The number of benzene rings is 2. The Hall–Kier alpha value is -5.50. The normalized spacial score (nSPS) is 13.6. The Morgan fingerprint density at radius 1 is 0.935 bits per heavy atom. The van der Waals surface area contributed by atoms with Crippen molar-refractivity contribution < 1.29 is 28.7 Å². The van der Waals surface area contributed by atoms with E-state index in [-0.39, 0.29) is 5.82 Å². The highest BCUT2D eigenvalue weighted by Crippen LogP contribution is 2.27. The number of fused-ring (bicyclic) bond motifs is 2. The number of carbonyl (C=O) groups excluding carboxylic acids is 3. The van der Waals surface area contributed by atoms with Crippen LogP contribution in [0, 0.1) is 5.82 Å². The molecule has 1 aliphatic rings. The minimum absolute atomic E-state index is 0.262. The molecule has 6 rings (SSSR count). The standard InChI is InChI=1S/C29H29FN8O2.C3H4O3/c1-20(39)29(40)36-10-3-9-35(12-13-36)18-22-8-11-37-27(22)28(31-19-33-37)34-25-6-7-26-23(15-25)16-32-38(26)17-21-4-2-5-24(30)14-21;1-2(4)3(5)6/h2,4-8,11,14-16,19H,3,9-10,12-13,17-18H2,1H3,(H,31,33,34);1H3,(H,5,6). The fourth-order valence-corrected chi connectivity index (χ4v) is 5.27. The molecule has 0 saturated carbocycles. The lowest BCUT2D eigenvalue weighted by molar-refractivity contribution is -0.148. The quantitative estimate of drug-likeness (QED) is 0.245. The van der Waals surface area contributed by atoms with Crippen molar-refractivity contribution in [3.8, 4) is 0 Å². The van der Waals surface area contributed by atoms with E-state index >= 15 is 0 Å². The third-order valence-electron chi connectivity index (χ3n) is 7.54. The molecule has 0 aliphatic carbocycles. The van der Waals surface area contributed by atoms with Crippen LogP contribution in [0.1, 0.15) is 31.4 Å². The molecule has 238 valence electrons.